The van der Waals surface area contributed by atoms with Crippen LogP contribution < -0.4 is 5.32 Å². The summed E-state index contributed by atoms with van der Waals surface area (Å²) in [7, 11) is -3.52. The molecule has 1 fully saturated rings. The van der Waals surface area contributed by atoms with Crippen molar-refractivity contribution in [1.29, 1.82) is 0 Å². The molecule has 30 heavy (non-hydrogen) atoms. The van der Waals surface area contributed by atoms with Gasteiger partial charge in [-0.25, -0.2) is 8.42 Å². The molecule has 0 atom stereocenters. The highest BCUT2D eigenvalue weighted by Gasteiger charge is 2.32. The van der Waals surface area contributed by atoms with Crippen molar-refractivity contribution >= 4 is 15.9 Å². The number of carbonyl (C=O) groups excluding carboxylic acids is 1. The number of nitrogens with zero attached hydrogens (tertiary/aromatic N) is 1. The van der Waals surface area contributed by atoms with Crippen LogP contribution in [0.2, 0.25) is 0 Å². The number of carbonyl (C=O) groups is 1. The Bertz CT molecular complexity index is 940. The molecule has 0 radical (unpaired) electrons. The van der Waals surface area contributed by atoms with E-state index in [0.717, 1.165) is 12.0 Å². The molecule has 0 aromatic heterocycles. The molecule has 3 rings (SSSR count). The average molecular weight is 429 g/mol. The smallest absolute Gasteiger partial charge is 0.243 e. The van der Waals surface area contributed by atoms with Gasteiger partial charge in [-0.1, -0.05) is 63.2 Å². The molecule has 0 spiro atoms. The van der Waals surface area contributed by atoms with E-state index in [1.807, 2.05) is 42.5 Å². The van der Waals surface area contributed by atoms with E-state index in [4.69, 9.17) is 0 Å². The van der Waals surface area contributed by atoms with E-state index < -0.39 is 10.0 Å². The van der Waals surface area contributed by atoms with Gasteiger partial charge in [-0.2, -0.15) is 4.31 Å². The summed E-state index contributed by atoms with van der Waals surface area (Å²) in [6, 6.07) is 17.2. The van der Waals surface area contributed by atoms with Crippen LogP contribution in [0.4, 0.5) is 0 Å². The molecule has 1 amide bonds. The third-order valence-electron chi connectivity index (χ3n) is 5.74. The summed E-state index contributed by atoms with van der Waals surface area (Å²) in [4.78, 5) is 12.8. The lowest BCUT2D eigenvalue weighted by atomic mass is 9.87. The van der Waals surface area contributed by atoms with Crippen molar-refractivity contribution in [2.45, 2.75) is 50.3 Å². The normalized spacial score (nSPS) is 16.4. The lowest BCUT2D eigenvalue weighted by Crippen LogP contribution is -2.43. The van der Waals surface area contributed by atoms with Crippen LogP contribution in [0.1, 0.15) is 44.7 Å². The van der Waals surface area contributed by atoms with Gasteiger partial charge in [0.1, 0.15) is 0 Å². The molecule has 1 heterocycles. The molecule has 0 saturated carbocycles. The van der Waals surface area contributed by atoms with Crippen LogP contribution in [0.15, 0.2) is 59.5 Å². The van der Waals surface area contributed by atoms with Gasteiger partial charge in [0.05, 0.1) is 4.90 Å². The van der Waals surface area contributed by atoms with Gasteiger partial charge in [0, 0.05) is 25.6 Å². The SMILES string of the molecule is CC(C)(C)c1ccc(S(=O)(=O)N2CCC(C(=O)NCCc3ccccc3)CC2)cc1. The summed E-state index contributed by atoms with van der Waals surface area (Å²) in [6.07, 6.45) is 1.90. The second-order valence-corrected chi connectivity index (χ2v) is 10.9. The molecule has 2 aromatic rings. The largest absolute Gasteiger partial charge is 0.356 e. The summed E-state index contributed by atoms with van der Waals surface area (Å²) in [5.74, 6) is -0.104. The van der Waals surface area contributed by atoms with E-state index in [1.165, 1.54) is 9.87 Å². The first kappa shape index (κ1) is 22.5. The number of benzene rings is 2. The summed E-state index contributed by atoms with van der Waals surface area (Å²) < 4.78 is 27.5. The monoisotopic (exact) mass is 428 g/mol. The fraction of sp³-hybridized carbons (Fsp3) is 0.458. The molecule has 1 aliphatic rings. The first-order valence-electron chi connectivity index (χ1n) is 10.6. The van der Waals surface area contributed by atoms with Gasteiger partial charge >= 0.3 is 0 Å². The Morgan fingerprint density at radius 1 is 1.00 bits per heavy atom. The van der Waals surface area contributed by atoms with E-state index in [2.05, 4.69) is 26.1 Å². The number of sulfonamides is 1. The van der Waals surface area contributed by atoms with E-state index >= 15 is 0 Å². The molecule has 5 nitrogen and oxygen atoms in total. The third kappa shape index (κ3) is 5.49. The molecule has 0 unspecified atom stereocenters. The van der Waals surface area contributed by atoms with E-state index in [0.29, 0.717) is 37.4 Å². The van der Waals surface area contributed by atoms with Crippen LogP contribution in [0.5, 0.6) is 0 Å². The van der Waals surface area contributed by atoms with Crippen LogP contribution in [0, 0.1) is 5.92 Å². The quantitative estimate of drug-likeness (QED) is 0.762. The van der Waals surface area contributed by atoms with Gasteiger partial charge in [-0.15, -0.1) is 0 Å². The molecule has 2 aromatic carbocycles. The topological polar surface area (TPSA) is 66.5 Å². The summed E-state index contributed by atoms with van der Waals surface area (Å²) in [5.41, 5.74) is 2.28. The maximum absolute atomic E-state index is 13.0. The molecule has 1 saturated heterocycles. The van der Waals surface area contributed by atoms with Crippen molar-refractivity contribution in [3.63, 3.8) is 0 Å². The number of hydrogen-bond donors (Lipinski definition) is 1. The van der Waals surface area contributed by atoms with E-state index in [-0.39, 0.29) is 17.2 Å². The fourth-order valence-electron chi connectivity index (χ4n) is 3.75. The summed E-state index contributed by atoms with van der Waals surface area (Å²) in [6.45, 7) is 7.66. The Morgan fingerprint density at radius 3 is 2.17 bits per heavy atom. The predicted molar refractivity (Wildman–Crippen MR) is 120 cm³/mol. The Kier molecular flexibility index (Phi) is 6.98. The molecule has 162 valence electrons. The minimum atomic E-state index is -3.52. The molecule has 1 aliphatic heterocycles. The molecular weight excluding hydrogens is 396 g/mol. The maximum Gasteiger partial charge on any atom is 0.243 e. The highest BCUT2D eigenvalue weighted by molar-refractivity contribution is 7.89. The van der Waals surface area contributed by atoms with Crippen molar-refractivity contribution in [2.24, 2.45) is 5.92 Å². The molecule has 0 aliphatic carbocycles. The standard InChI is InChI=1S/C24H32N2O3S/c1-24(2,3)21-9-11-22(12-10-21)30(28,29)26-17-14-20(15-18-26)23(27)25-16-13-19-7-5-4-6-8-19/h4-12,20H,13-18H2,1-3H3,(H,25,27). The lowest BCUT2D eigenvalue weighted by molar-refractivity contribution is -0.126. The maximum atomic E-state index is 13.0. The van der Waals surface area contributed by atoms with Crippen LogP contribution in [0.3, 0.4) is 0 Å². The average Bonchev–Trinajstić information content (AvgIpc) is 2.74. The van der Waals surface area contributed by atoms with Crippen molar-refractivity contribution in [3.8, 4) is 0 Å². The molecule has 1 N–H and O–H groups in total. The minimum absolute atomic E-state index is 0.0193. The van der Waals surface area contributed by atoms with Crippen molar-refractivity contribution in [1.82, 2.24) is 9.62 Å². The first-order valence-corrected chi connectivity index (χ1v) is 12.0. The zero-order valence-electron chi connectivity index (χ0n) is 18.1. The highest BCUT2D eigenvalue weighted by Crippen LogP contribution is 2.27. The Labute approximate surface area is 180 Å². The van der Waals surface area contributed by atoms with E-state index in [1.54, 1.807) is 12.1 Å². The van der Waals surface area contributed by atoms with E-state index in [9.17, 15) is 13.2 Å². The van der Waals surface area contributed by atoms with Gasteiger partial charge < -0.3 is 5.32 Å². The van der Waals surface area contributed by atoms with Gasteiger partial charge in [0.25, 0.3) is 0 Å². The van der Waals surface area contributed by atoms with Gasteiger partial charge in [0.2, 0.25) is 15.9 Å². The number of rotatable bonds is 6. The van der Waals surface area contributed by atoms with Crippen LogP contribution in [-0.4, -0.2) is 38.3 Å². The van der Waals surface area contributed by atoms with Crippen molar-refractivity contribution < 1.29 is 13.2 Å². The van der Waals surface area contributed by atoms with Crippen LogP contribution >= 0.6 is 0 Å². The summed E-state index contributed by atoms with van der Waals surface area (Å²) in [5, 5.41) is 3.00. The van der Waals surface area contributed by atoms with Gasteiger partial charge in [-0.3, -0.25) is 4.79 Å². The van der Waals surface area contributed by atoms with Crippen LogP contribution in [0.25, 0.3) is 0 Å². The fourth-order valence-corrected chi connectivity index (χ4v) is 5.22. The zero-order valence-corrected chi connectivity index (χ0v) is 18.9. The second-order valence-electron chi connectivity index (χ2n) is 8.98. The van der Waals surface area contributed by atoms with Crippen LogP contribution in [-0.2, 0) is 26.7 Å². The number of piperidine rings is 1. The van der Waals surface area contributed by atoms with Crippen molar-refractivity contribution in [3.05, 3.63) is 65.7 Å². The lowest BCUT2D eigenvalue weighted by Gasteiger charge is -2.30. The number of hydrogen-bond acceptors (Lipinski definition) is 3. The Morgan fingerprint density at radius 2 is 1.60 bits per heavy atom. The minimum Gasteiger partial charge on any atom is -0.356 e. The van der Waals surface area contributed by atoms with Gasteiger partial charge in [-0.05, 0) is 47.9 Å². The zero-order chi connectivity index (χ0) is 21.8. The first-order chi connectivity index (χ1) is 14.2. The Balaban J connectivity index is 1.52. The number of nitrogens with one attached hydrogen (secondary N) is 1. The number of amides is 1. The summed E-state index contributed by atoms with van der Waals surface area (Å²) >= 11 is 0. The highest BCUT2D eigenvalue weighted by atomic mass is 32.2. The third-order valence-corrected chi connectivity index (χ3v) is 7.65. The molecule has 6 heteroatoms. The second kappa shape index (κ2) is 9.31. The predicted octanol–water partition coefficient (Wildman–Crippen LogP) is 3.74. The van der Waals surface area contributed by atoms with Gasteiger partial charge in [0.15, 0.2) is 0 Å². The molecule has 0 bridgehead atoms. The molecular formula is C24H32N2O3S. The Hall–Kier alpha value is -2.18. The van der Waals surface area contributed by atoms with Crippen molar-refractivity contribution in [2.75, 3.05) is 19.6 Å².